The zero-order valence-corrected chi connectivity index (χ0v) is 14.5. The maximum atomic E-state index is 13.3. The molecule has 1 atom stereocenters. The van der Waals surface area contributed by atoms with Crippen molar-refractivity contribution in [2.24, 2.45) is 0 Å². The van der Waals surface area contributed by atoms with Crippen molar-refractivity contribution in [3.8, 4) is 0 Å². The van der Waals surface area contributed by atoms with Gasteiger partial charge in [0, 0.05) is 23.7 Å². The Bertz CT molecular complexity index is 817. The van der Waals surface area contributed by atoms with Crippen molar-refractivity contribution in [2.45, 2.75) is 55.0 Å². The quantitative estimate of drug-likeness (QED) is 0.790. The van der Waals surface area contributed by atoms with E-state index in [0.717, 1.165) is 48.8 Å². The van der Waals surface area contributed by atoms with Gasteiger partial charge in [-0.15, -0.1) is 10.2 Å². The standard InChI is InChI=1S/C17H18F2N4OS/c1-9(16(24)20-11-4-7-13(18)14(19)8-11)25-17-22-21-15(10-2-3-10)23(17)12-5-6-12/h4,7-10,12H,2-3,5-6H2,1H3,(H,20,24)/t9-/m0/s1. The number of amides is 1. The summed E-state index contributed by atoms with van der Waals surface area (Å²) in [5.41, 5.74) is 0.235. The minimum Gasteiger partial charge on any atom is -0.325 e. The first-order chi connectivity index (χ1) is 12.0. The zero-order valence-electron chi connectivity index (χ0n) is 13.7. The SMILES string of the molecule is C[C@H](Sc1nnc(C2CC2)n1C1CC1)C(=O)Nc1ccc(F)c(F)c1. The average molecular weight is 364 g/mol. The van der Waals surface area contributed by atoms with Crippen molar-refractivity contribution >= 4 is 23.4 Å². The highest BCUT2D eigenvalue weighted by molar-refractivity contribution is 8.00. The first-order valence-corrected chi connectivity index (χ1v) is 9.28. The van der Waals surface area contributed by atoms with E-state index in [-0.39, 0.29) is 11.6 Å². The second kappa shape index (κ2) is 6.40. The van der Waals surface area contributed by atoms with E-state index in [2.05, 4.69) is 20.1 Å². The fraction of sp³-hybridized carbons (Fsp3) is 0.471. The molecule has 1 aromatic carbocycles. The number of carbonyl (C=O) groups excluding carboxylic acids is 1. The largest absolute Gasteiger partial charge is 0.325 e. The molecule has 132 valence electrons. The summed E-state index contributed by atoms with van der Waals surface area (Å²) < 4.78 is 28.4. The molecule has 2 aliphatic carbocycles. The van der Waals surface area contributed by atoms with Crippen LogP contribution in [0.25, 0.3) is 0 Å². The van der Waals surface area contributed by atoms with Crippen LogP contribution < -0.4 is 5.32 Å². The van der Waals surface area contributed by atoms with E-state index in [9.17, 15) is 13.6 Å². The molecule has 1 amide bonds. The molecule has 4 rings (SSSR count). The van der Waals surface area contributed by atoms with Gasteiger partial charge in [-0.3, -0.25) is 4.79 Å². The Morgan fingerprint density at radius 3 is 2.64 bits per heavy atom. The van der Waals surface area contributed by atoms with Crippen molar-refractivity contribution in [1.29, 1.82) is 0 Å². The minimum atomic E-state index is -0.986. The lowest BCUT2D eigenvalue weighted by atomic mass is 10.3. The summed E-state index contributed by atoms with van der Waals surface area (Å²) in [5.74, 6) is -0.660. The van der Waals surface area contributed by atoms with Crippen molar-refractivity contribution < 1.29 is 13.6 Å². The molecule has 0 aliphatic heterocycles. The Morgan fingerprint density at radius 2 is 2.00 bits per heavy atom. The molecule has 25 heavy (non-hydrogen) atoms. The molecule has 0 radical (unpaired) electrons. The minimum absolute atomic E-state index is 0.235. The third-order valence-corrected chi connectivity index (χ3v) is 5.44. The summed E-state index contributed by atoms with van der Waals surface area (Å²) in [6.07, 6.45) is 4.56. The summed E-state index contributed by atoms with van der Waals surface area (Å²) in [6, 6.07) is 3.76. The van der Waals surface area contributed by atoms with Gasteiger partial charge < -0.3 is 9.88 Å². The Labute approximate surface area is 148 Å². The third kappa shape index (κ3) is 3.53. The number of nitrogens with zero attached hydrogens (tertiary/aromatic N) is 3. The van der Waals surface area contributed by atoms with Gasteiger partial charge in [-0.1, -0.05) is 11.8 Å². The van der Waals surface area contributed by atoms with Crippen LogP contribution in [0.3, 0.4) is 0 Å². The number of hydrogen-bond donors (Lipinski definition) is 1. The van der Waals surface area contributed by atoms with Crippen LogP contribution in [0.15, 0.2) is 23.4 Å². The highest BCUT2D eigenvalue weighted by Crippen LogP contribution is 2.46. The summed E-state index contributed by atoms with van der Waals surface area (Å²) in [6.45, 7) is 1.77. The van der Waals surface area contributed by atoms with Crippen molar-refractivity contribution in [1.82, 2.24) is 14.8 Å². The van der Waals surface area contributed by atoms with E-state index in [1.807, 2.05) is 0 Å². The topological polar surface area (TPSA) is 59.8 Å². The zero-order chi connectivity index (χ0) is 17.6. The predicted octanol–water partition coefficient (Wildman–Crippen LogP) is 3.89. The molecule has 8 heteroatoms. The maximum absolute atomic E-state index is 13.3. The van der Waals surface area contributed by atoms with Gasteiger partial charge in [-0.05, 0) is 44.7 Å². The van der Waals surface area contributed by atoms with Crippen molar-refractivity contribution in [3.05, 3.63) is 35.7 Å². The van der Waals surface area contributed by atoms with E-state index in [1.165, 1.54) is 17.8 Å². The molecular formula is C17H18F2N4OS. The van der Waals surface area contributed by atoms with E-state index in [4.69, 9.17) is 0 Å². The predicted molar refractivity (Wildman–Crippen MR) is 90.6 cm³/mol. The van der Waals surface area contributed by atoms with E-state index >= 15 is 0 Å². The van der Waals surface area contributed by atoms with Gasteiger partial charge in [-0.2, -0.15) is 0 Å². The number of carbonyl (C=O) groups is 1. The van der Waals surface area contributed by atoms with Crippen LogP contribution in [-0.2, 0) is 4.79 Å². The van der Waals surface area contributed by atoms with Gasteiger partial charge in [0.15, 0.2) is 16.8 Å². The van der Waals surface area contributed by atoms with Crippen LogP contribution in [-0.4, -0.2) is 25.9 Å². The van der Waals surface area contributed by atoms with Crippen LogP contribution in [0.1, 0.15) is 50.4 Å². The Morgan fingerprint density at radius 1 is 1.24 bits per heavy atom. The number of aromatic nitrogens is 3. The molecule has 5 nitrogen and oxygen atoms in total. The van der Waals surface area contributed by atoms with E-state index < -0.39 is 16.9 Å². The van der Waals surface area contributed by atoms with Crippen LogP contribution in [0.4, 0.5) is 14.5 Å². The molecule has 0 spiro atoms. The molecule has 1 aromatic heterocycles. The molecule has 2 aromatic rings. The Balaban J connectivity index is 1.45. The van der Waals surface area contributed by atoms with Crippen LogP contribution >= 0.6 is 11.8 Å². The highest BCUT2D eigenvalue weighted by Gasteiger charge is 2.37. The normalized spacial score (nSPS) is 18.2. The molecule has 1 N–H and O–H groups in total. The van der Waals surface area contributed by atoms with Gasteiger partial charge in [0.25, 0.3) is 0 Å². The summed E-state index contributed by atoms with van der Waals surface area (Å²) >= 11 is 1.35. The van der Waals surface area contributed by atoms with E-state index in [1.54, 1.807) is 6.92 Å². The average Bonchev–Trinajstić information content (AvgIpc) is 3.50. The Kier molecular flexibility index (Phi) is 4.23. The number of anilines is 1. The summed E-state index contributed by atoms with van der Waals surface area (Å²) in [4.78, 5) is 12.4. The molecule has 2 fully saturated rings. The highest BCUT2D eigenvalue weighted by atomic mass is 32.2. The maximum Gasteiger partial charge on any atom is 0.237 e. The van der Waals surface area contributed by atoms with Gasteiger partial charge in [0.1, 0.15) is 5.82 Å². The van der Waals surface area contributed by atoms with Gasteiger partial charge in [-0.25, -0.2) is 8.78 Å². The number of thioether (sulfide) groups is 1. The second-order valence-corrected chi connectivity index (χ2v) is 7.90. The molecular weight excluding hydrogens is 346 g/mol. The second-order valence-electron chi connectivity index (χ2n) is 6.59. The number of benzene rings is 1. The van der Waals surface area contributed by atoms with Crippen LogP contribution in [0.5, 0.6) is 0 Å². The van der Waals surface area contributed by atoms with Gasteiger partial charge in [0.05, 0.1) is 5.25 Å². The lowest BCUT2D eigenvalue weighted by Crippen LogP contribution is -2.23. The number of hydrogen-bond acceptors (Lipinski definition) is 4. The summed E-state index contributed by atoms with van der Waals surface area (Å²) in [7, 11) is 0. The van der Waals surface area contributed by atoms with Crippen LogP contribution in [0.2, 0.25) is 0 Å². The Hall–Kier alpha value is -1.96. The molecule has 0 bridgehead atoms. The first-order valence-electron chi connectivity index (χ1n) is 8.40. The van der Waals surface area contributed by atoms with Crippen LogP contribution in [0, 0.1) is 11.6 Å². The van der Waals surface area contributed by atoms with Gasteiger partial charge in [0.2, 0.25) is 5.91 Å². The molecule has 2 saturated carbocycles. The fourth-order valence-electron chi connectivity index (χ4n) is 2.69. The van der Waals surface area contributed by atoms with Crippen molar-refractivity contribution in [2.75, 3.05) is 5.32 Å². The lowest BCUT2D eigenvalue weighted by molar-refractivity contribution is -0.115. The monoisotopic (exact) mass is 364 g/mol. The molecule has 1 heterocycles. The molecule has 0 saturated heterocycles. The fourth-order valence-corrected chi connectivity index (χ4v) is 3.62. The number of halogens is 2. The lowest BCUT2D eigenvalue weighted by Gasteiger charge is -2.13. The smallest absolute Gasteiger partial charge is 0.237 e. The third-order valence-electron chi connectivity index (χ3n) is 4.38. The molecule has 2 aliphatic rings. The number of nitrogens with one attached hydrogen (secondary N) is 1. The first kappa shape index (κ1) is 16.5. The van der Waals surface area contributed by atoms with Crippen molar-refractivity contribution in [3.63, 3.8) is 0 Å². The summed E-state index contributed by atoms with van der Waals surface area (Å²) in [5, 5.41) is 11.6. The van der Waals surface area contributed by atoms with E-state index in [0.29, 0.717) is 12.0 Å². The molecule has 0 unspecified atom stereocenters. The van der Waals surface area contributed by atoms with Gasteiger partial charge >= 0.3 is 0 Å². The number of rotatable bonds is 6.